The molecule has 0 spiro atoms. The van der Waals surface area contributed by atoms with Gasteiger partial charge in [0.2, 0.25) is 5.82 Å². The van der Waals surface area contributed by atoms with Crippen LogP contribution in [0.25, 0.3) is 22.3 Å². The van der Waals surface area contributed by atoms with E-state index in [-0.39, 0.29) is 29.6 Å². The minimum Gasteiger partial charge on any atom is -0.500 e. The van der Waals surface area contributed by atoms with Crippen LogP contribution in [-0.4, -0.2) is 14.4 Å². The van der Waals surface area contributed by atoms with Gasteiger partial charge in [0.25, 0.3) is 0 Å². The van der Waals surface area contributed by atoms with Gasteiger partial charge in [0.15, 0.2) is 11.6 Å². The third kappa shape index (κ3) is 5.57. The SMILES string of the molecule is [B]COc1ccc(-c2ccc(-c3ccc(C4CCC(C5CCC(C=C)CC5)CC4)c(F)c3)cc2)c(F)c1F. The average Bonchev–Trinajstić information content (AvgIpc) is 2.96. The zero-order chi connectivity index (χ0) is 26.6. The zero-order valence-corrected chi connectivity index (χ0v) is 21.8. The first-order valence-electron chi connectivity index (χ1n) is 13.8. The van der Waals surface area contributed by atoms with E-state index in [0.29, 0.717) is 11.5 Å². The van der Waals surface area contributed by atoms with Crippen molar-refractivity contribution in [3.63, 3.8) is 0 Å². The lowest BCUT2D eigenvalue weighted by molar-refractivity contribution is 0.171. The van der Waals surface area contributed by atoms with Crippen molar-refractivity contribution >= 4 is 7.85 Å². The number of rotatable bonds is 7. The van der Waals surface area contributed by atoms with E-state index in [1.54, 1.807) is 30.3 Å². The van der Waals surface area contributed by atoms with E-state index in [1.165, 1.54) is 50.7 Å². The van der Waals surface area contributed by atoms with Crippen LogP contribution in [0, 0.1) is 35.2 Å². The van der Waals surface area contributed by atoms with Gasteiger partial charge >= 0.3 is 0 Å². The van der Waals surface area contributed by atoms with Gasteiger partial charge in [-0.3, -0.25) is 0 Å². The molecule has 0 saturated heterocycles. The van der Waals surface area contributed by atoms with Crippen molar-refractivity contribution in [2.45, 2.75) is 57.3 Å². The fraction of sp³-hybridized carbons (Fsp3) is 0.394. The maximum Gasteiger partial charge on any atom is 0.201 e. The van der Waals surface area contributed by atoms with E-state index < -0.39 is 11.6 Å². The Morgan fingerprint density at radius 1 is 0.737 bits per heavy atom. The number of halogens is 3. The van der Waals surface area contributed by atoms with Crippen molar-refractivity contribution in [3.05, 3.63) is 90.3 Å². The number of ether oxygens (including phenoxy) is 1. The Balaban J connectivity index is 1.24. The van der Waals surface area contributed by atoms with Crippen LogP contribution in [0.2, 0.25) is 0 Å². The van der Waals surface area contributed by atoms with Crippen molar-refractivity contribution in [2.75, 3.05) is 6.51 Å². The molecule has 2 fully saturated rings. The summed E-state index contributed by atoms with van der Waals surface area (Å²) in [6.07, 6.45) is 11.8. The van der Waals surface area contributed by atoms with E-state index in [1.807, 2.05) is 12.1 Å². The van der Waals surface area contributed by atoms with Crippen molar-refractivity contribution in [1.82, 2.24) is 0 Å². The fourth-order valence-electron chi connectivity index (χ4n) is 6.59. The lowest BCUT2D eigenvalue weighted by Gasteiger charge is -2.37. The van der Waals surface area contributed by atoms with Crippen LogP contribution in [0.3, 0.4) is 0 Å². The summed E-state index contributed by atoms with van der Waals surface area (Å²) in [6, 6.07) is 15.4. The summed E-state index contributed by atoms with van der Waals surface area (Å²) in [6.45, 7) is 3.72. The van der Waals surface area contributed by atoms with Crippen LogP contribution in [-0.2, 0) is 0 Å². The molecule has 0 heterocycles. The average molecular weight is 514 g/mol. The number of allylic oxidation sites excluding steroid dienone is 1. The molecule has 5 heteroatoms. The molecular weight excluding hydrogens is 480 g/mol. The van der Waals surface area contributed by atoms with Crippen LogP contribution in [0.5, 0.6) is 5.75 Å². The van der Waals surface area contributed by atoms with Gasteiger partial charge in [-0.05, 0) is 115 Å². The predicted octanol–water partition coefficient (Wildman–Crippen LogP) is 9.21. The quantitative estimate of drug-likeness (QED) is 0.226. The van der Waals surface area contributed by atoms with Gasteiger partial charge in [-0.1, -0.05) is 42.5 Å². The molecule has 0 N–H and O–H groups in total. The monoisotopic (exact) mass is 514 g/mol. The fourth-order valence-corrected chi connectivity index (χ4v) is 6.59. The second kappa shape index (κ2) is 11.8. The molecule has 38 heavy (non-hydrogen) atoms. The first-order chi connectivity index (χ1) is 18.5. The first-order valence-corrected chi connectivity index (χ1v) is 13.8. The summed E-state index contributed by atoms with van der Waals surface area (Å²) in [5.74, 6) is 0.136. The largest absolute Gasteiger partial charge is 0.500 e. The summed E-state index contributed by atoms with van der Waals surface area (Å²) < 4.78 is 49.0. The van der Waals surface area contributed by atoms with Gasteiger partial charge in [-0.15, -0.1) is 6.58 Å². The standard InChI is InChI=1S/C33H34BF3O/c1-2-21-3-5-22(6-4-21)23-7-11-25(12-8-23)28-16-15-27(19-30(28)35)24-9-13-26(14-10-24)29-17-18-31(38-20-34)33(37)32(29)36/h2,9-10,13-19,21-23,25H,1,3-8,11-12,20H2. The van der Waals surface area contributed by atoms with Crippen molar-refractivity contribution < 1.29 is 17.9 Å². The van der Waals surface area contributed by atoms with E-state index in [9.17, 15) is 8.78 Å². The molecule has 2 saturated carbocycles. The number of benzene rings is 3. The highest BCUT2D eigenvalue weighted by molar-refractivity contribution is 6.08. The Kier molecular flexibility index (Phi) is 8.31. The zero-order valence-electron chi connectivity index (χ0n) is 21.8. The smallest absolute Gasteiger partial charge is 0.201 e. The summed E-state index contributed by atoms with van der Waals surface area (Å²) >= 11 is 0. The summed E-state index contributed by atoms with van der Waals surface area (Å²) in [4.78, 5) is 0. The van der Waals surface area contributed by atoms with Crippen LogP contribution >= 0.6 is 0 Å². The van der Waals surface area contributed by atoms with Crippen LogP contribution < -0.4 is 4.74 Å². The molecule has 0 amide bonds. The topological polar surface area (TPSA) is 9.23 Å². The van der Waals surface area contributed by atoms with Gasteiger partial charge in [-0.2, -0.15) is 4.39 Å². The Morgan fingerprint density at radius 3 is 1.95 bits per heavy atom. The lowest BCUT2D eigenvalue weighted by atomic mass is 9.68. The summed E-state index contributed by atoms with van der Waals surface area (Å²) in [7, 11) is 5.26. The van der Waals surface area contributed by atoms with Crippen LogP contribution in [0.15, 0.2) is 67.3 Å². The molecule has 0 unspecified atom stereocenters. The molecule has 0 atom stereocenters. The molecule has 1 nitrogen and oxygen atoms in total. The lowest BCUT2D eigenvalue weighted by Crippen LogP contribution is -2.25. The Hall–Kier alpha value is -2.95. The van der Waals surface area contributed by atoms with E-state index in [0.717, 1.165) is 41.4 Å². The molecule has 2 radical (unpaired) electrons. The highest BCUT2D eigenvalue weighted by Crippen LogP contribution is 2.44. The van der Waals surface area contributed by atoms with Gasteiger partial charge in [0.05, 0.1) is 0 Å². The molecular formula is C33H34BF3O. The van der Waals surface area contributed by atoms with E-state index in [2.05, 4.69) is 12.7 Å². The van der Waals surface area contributed by atoms with Gasteiger partial charge in [0, 0.05) is 12.1 Å². The summed E-state index contributed by atoms with van der Waals surface area (Å²) in [5, 5.41) is 0. The molecule has 0 aliphatic heterocycles. The molecule has 5 rings (SSSR count). The third-order valence-corrected chi connectivity index (χ3v) is 8.84. The van der Waals surface area contributed by atoms with E-state index >= 15 is 4.39 Å². The van der Waals surface area contributed by atoms with Crippen LogP contribution in [0.4, 0.5) is 13.2 Å². The maximum absolute atomic E-state index is 15.3. The first kappa shape index (κ1) is 26.7. The third-order valence-electron chi connectivity index (χ3n) is 8.84. The number of hydrogen-bond acceptors (Lipinski definition) is 1. The molecule has 2 aliphatic carbocycles. The molecule has 2 aliphatic rings. The van der Waals surface area contributed by atoms with Gasteiger partial charge in [0.1, 0.15) is 13.7 Å². The molecule has 3 aromatic rings. The minimum atomic E-state index is -1.07. The van der Waals surface area contributed by atoms with Crippen molar-refractivity contribution in [3.8, 4) is 28.0 Å². The highest BCUT2D eigenvalue weighted by Gasteiger charge is 2.31. The predicted molar refractivity (Wildman–Crippen MR) is 149 cm³/mol. The normalized spacial score (nSPS) is 23.7. The minimum absolute atomic E-state index is 0.129. The number of hydrogen-bond donors (Lipinski definition) is 0. The van der Waals surface area contributed by atoms with Crippen LogP contribution in [0.1, 0.15) is 62.8 Å². The van der Waals surface area contributed by atoms with Crippen molar-refractivity contribution in [2.24, 2.45) is 17.8 Å². The Labute approximate surface area is 225 Å². The highest BCUT2D eigenvalue weighted by atomic mass is 19.2. The second-order valence-corrected chi connectivity index (χ2v) is 10.9. The Morgan fingerprint density at radius 2 is 1.34 bits per heavy atom. The maximum atomic E-state index is 15.3. The molecule has 0 aromatic heterocycles. The van der Waals surface area contributed by atoms with Gasteiger partial charge < -0.3 is 4.74 Å². The Bertz CT molecular complexity index is 1260. The van der Waals surface area contributed by atoms with E-state index in [4.69, 9.17) is 12.6 Å². The molecule has 3 aromatic carbocycles. The summed E-state index contributed by atoms with van der Waals surface area (Å²) in [5.41, 5.74) is 3.06. The second-order valence-electron chi connectivity index (χ2n) is 10.9. The van der Waals surface area contributed by atoms with Crippen molar-refractivity contribution in [1.29, 1.82) is 0 Å². The molecule has 0 bridgehead atoms. The van der Waals surface area contributed by atoms with Gasteiger partial charge in [-0.25, -0.2) is 8.78 Å². The molecule has 196 valence electrons.